The summed E-state index contributed by atoms with van der Waals surface area (Å²) < 4.78 is 5.50. The van der Waals surface area contributed by atoms with Crippen molar-refractivity contribution >= 4 is 18.3 Å². The van der Waals surface area contributed by atoms with Gasteiger partial charge in [0.1, 0.15) is 11.5 Å². The maximum absolute atomic E-state index is 12.1. The van der Waals surface area contributed by atoms with Crippen molar-refractivity contribution in [2.45, 2.75) is 25.8 Å². The van der Waals surface area contributed by atoms with Crippen molar-refractivity contribution in [1.29, 1.82) is 0 Å². The topological polar surface area (TPSA) is 83.0 Å². The van der Waals surface area contributed by atoms with Crippen LogP contribution in [0.3, 0.4) is 0 Å². The molecule has 114 valence electrons. The van der Waals surface area contributed by atoms with E-state index in [2.05, 4.69) is 20.8 Å². The van der Waals surface area contributed by atoms with Gasteiger partial charge in [-0.05, 0) is 45.0 Å². The van der Waals surface area contributed by atoms with Crippen molar-refractivity contribution in [3.63, 3.8) is 0 Å². The predicted molar refractivity (Wildman–Crippen MR) is 81.6 cm³/mol. The summed E-state index contributed by atoms with van der Waals surface area (Å²) in [6.07, 6.45) is 1.92. The summed E-state index contributed by atoms with van der Waals surface area (Å²) in [7, 11) is 0. The lowest BCUT2D eigenvalue weighted by Gasteiger charge is -2.23. The van der Waals surface area contributed by atoms with Gasteiger partial charge in [-0.1, -0.05) is 0 Å². The molecule has 0 aliphatic carbocycles. The van der Waals surface area contributed by atoms with E-state index >= 15 is 0 Å². The fourth-order valence-corrected chi connectivity index (χ4v) is 2.37. The molecule has 1 amide bonds. The molecule has 2 aromatic rings. The fourth-order valence-electron chi connectivity index (χ4n) is 2.37. The normalized spacial score (nSPS) is 15.5. The first-order chi connectivity index (χ1) is 9.72. The number of nitrogens with zero attached hydrogens (tertiary/aromatic N) is 1. The number of carbonyl (C=O) groups excluding carboxylic acids is 1. The van der Waals surface area contributed by atoms with Crippen LogP contribution in [0.1, 0.15) is 29.1 Å². The Bertz CT molecular complexity index is 602. The van der Waals surface area contributed by atoms with Gasteiger partial charge in [-0.3, -0.25) is 9.89 Å². The van der Waals surface area contributed by atoms with E-state index < -0.39 is 0 Å². The van der Waals surface area contributed by atoms with Crippen molar-refractivity contribution in [2.75, 3.05) is 13.1 Å². The first-order valence-corrected chi connectivity index (χ1v) is 6.86. The Hall–Kier alpha value is -1.79. The Morgan fingerprint density at radius 1 is 1.38 bits per heavy atom. The van der Waals surface area contributed by atoms with Crippen molar-refractivity contribution in [1.82, 2.24) is 20.8 Å². The van der Waals surface area contributed by atoms with Gasteiger partial charge in [0.15, 0.2) is 11.5 Å². The largest absolute Gasteiger partial charge is 0.460 e. The Labute approximate surface area is 129 Å². The third-order valence-electron chi connectivity index (χ3n) is 3.49. The number of amides is 1. The van der Waals surface area contributed by atoms with Crippen LogP contribution >= 0.6 is 12.4 Å². The van der Waals surface area contributed by atoms with Crippen LogP contribution in [-0.2, 0) is 0 Å². The zero-order valence-corrected chi connectivity index (χ0v) is 12.6. The molecule has 0 radical (unpaired) electrons. The number of aryl methyl sites for hydroxylation is 1. The quantitative estimate of drug-likeness (QED) is 0.808. The highest BCUT2D eigenvalue weighted by Gasteiger charge is 2.18. The summed E-state index contributed by atoms with van der Waals surface area (Å²) in [6, 6.07) is 5.69. The van der Waals surface area contributed by atoms with Crippen LogP contribution in [0.4, 0.5) is 0 Å². The first kappa shape index (κ1) is 15.6. The van der Waals surface area contributed by atoms with E-state index in [9.17, 15) is 4.79 Å². The van der Waals surface area contributed by atoms with Gasteiger partial charge in [-0.25, -0.2) is 0 Å². The lowest BCUT2D eigenvalue weighted by atomic mass is 10.1. The SMILES string of the molecule is Cc1ccc(-c2cc(C(=O)NC3CCNCC3)n[nH]2)o1.Cl. The molecule has 3 N–H and O–H groups in total. The number of furan rings is 1. The molecule has 21 heavy (non-hydrogen) atoms. The summed E-state index contributed by atoms with van der Waals surface area (Å²) in [5.74, 6) is 1.38. The maximum Gasteiger partial charge on any atom is 0.272 e. The van der Waals surface area contributed by atoms with Gasteiger partial charge in [-0.2, -0.15) is 5.10 Å². The minimum absolute atomic E-state index is 0. The minimum atomic E-state index is -0.136. The number of H-pyrrole nitrogens is 1. The molecule has 6 nitrogen and oxygen atoms in total. The van der Waals surface area contributed by atoms with Crippen molar-refractivity contribution in [3.05, 3.63) is 29.7 Å². The Morgan fingerprint density at radius 2 is 2.14 bits per heavy atom. The highest BCUT2D eigenvalue weighted by Crippen LogP contribution is 2.20. The molecule has 3 rings (SSSR count). The van der Waals surface area contributed by atoms with Crippen LogP contribution in [0.25, 0.3) is 11.5 Å². The molecule has 0 saturated carbocycles. The number of rotatable bonds is 3. The van der Waals surface area contributed by atoms with E-state index in [1.54, 1.807) is 6.07 Å². The van der Waals surface area contributed by atoms with Crippen LogP contribution in [-0.4, -0.2) is 35.2 Å². The third kappa shape index (κ3) is 3.65. The molecule has 0 unspecified atom stereocenters. The Morgan fingerprint density at radius 3 is 2.81 bits per heavy atom. The van der Waals surface area contributed by atoms with Crippen molar-refractivity contribution in [2.24, 2.45) is 0 Å². The molecular weight excluding hydrogens is 292 g/mol. The number of halogens is 1. The second-order valence-corrected chi connectivity index (χ2v) is 5.07. The number of nitrogens with one attached hydrogen (secondary N) is 3. The number of hydrogen-bond acceptors (Lipinski definition) is 4. The molecule has 1 aliphatic rings. The molecule has 7 heteroatoms. The standard InChI is InChI=1S/C14H18N4O2.ClH/c1-9-2-3-13(20-9)11-8-12(18-17-11)14(19)16-10-4-6-15-7-5-10;/h2-3,8,10,15H,4-7H2,1H3,(H,16,19)(H,17,18);1H. The third-order valence-corrected chi connectivity index (χ3v) is 3.49. The van der Waals surface area contributed by atoms with Gasteiger partial charge in [-0.15, -0.1) is 12.4 Å². The number of carbonyl (C=O) groups is 1. The zero-order chi connectivity index (χ0) is 13.9. The highest BCUT2D eigenvalue weighted by atomic mass is 35.5. The molecule has 1 saturated heterocycles. The molecule has 3 heterocycles. The number of aromatic nitrogens is 2. The minimum Gasteiger partial charge on any atom is -0.460 e. The molecule has 0 atom stereocenters. The average Bonchev–Trinajstić information content (AvgIpc) is 3.08. The van der Waals surface area contributed by atoms with Gasteiger partial charge in [0, 0.05) is 12.1 Å². The summed E-state index contributed by atoms with van der Waals surface area (Å²) in [6.45, 7) is 3.77. The molecule has 2 aromatic heterocycles. The van der Waals surface area contributed by atoms with E-state index in [0.717, 1.165) is 31.7 Å². The molecule has 0 spiro atoms. The van der Waals surface area contributed by atoms with Crippen LogP contribution in [0.2, 0.25) is 0 Å². The van der Waals surface area contributed by atoms with Gasteiger partial charge in [0.2, 0.25) is 0 Å². The van der Waals surface area contributed by atoms with Gasteiger partial charge >= 0.3 is 0 Å². The summed E-state index contributed by atoms with van der Waals surface area (Å²) in [4.78, 5) is 12.1. The second kappa shape index (κ2) is 6.78. The lowest BCUT2D eigenvalue weighted by Crippen LogP contribution is -2.42. The number of piperidine rings is 1. The van der Waals surface area contributed by atoms with Gasteiger partial charge in [0.05, 0.1) is 0 Å². The zero-order valence-electron chi connectivity index (χ0n) is 11.8. The van der Waals surface area contributed by atoms with Crippen LogP contribution in [0.15, 0.2) is 22.6 Å². The average molecular weight is 311 g/mol. The van der Waals surface area contributed by atoms with Crippen LogP contribution in [0.5, 0.6) is 0 Å². The Balaban J connectivity index is 0.00000161. The van der Waals surface area contributed by atoms with E-state index in [1.165, 1.54) is 0 Å². The van der Waals surface area contributed by atoms with Gasteiger partial charge in [0.25, 0.3) is 5.91 Å². The molecule has 1 fully saturated rings. The molecule has 0 aromatic carbocycles. The lowest BCUT2D eigenvalue weighted by molar-refractivity contribution is 0.0924. The second-order valence-electron chi connectivity index (χ2n) is 5.07. The summed E-state index contributed by atoms with van der Waals surface area (Å²) in [5, 5.41) is 13.2. The monoisotopic (exact) mass is 310 g/mol. The van der Waals surface area contributed by atoms with Gasteiger partial charge < -0.3 is 15.1 Å². The molecular formula is C14H19ClN4O2. The number of aromatic amines is 1. The van der Waals surface area contributed by atoms with E-state index in [1.807, 2.05) is 19.1 Å². The predicted octanol–water partition coefficient (Wildman–Crippen LogP) is 1.88. The first-order valence-electron chi connectivity index (χ1n) is 6.86. The molecule has 0 bridgehead atoms. The van der Waals surface area contributed by atoms with Crippen LogP contribution in [0, 0.1) is 6.92 Å². The van der Waals surface area contributed by atoms with Crippen LogP contribution < -0.4 is 10.6 Å². The van der Waals surface area contributed by atoms with Crippen molar-refractivity contribution < 1.29 is 9.21 Å². The van der Waals surface area contributed by atoms with E-state index in [-0.39, 0.29) is 24.4 Å². The maximum atomic E-state index is 12.1. The van der Waals surface area contributed by atoms with E-state index in [4.69, 9.17) is 4.42 Å². The number of hydrogen-bond donors (Lipinski definition) is 3. The smallest absolute Gasteiger partial charge is 0.272 e. The Kier molecular flexibility index (Phi) is 5.03. The summed E-state index contributed by atoms with van der Waals surface area (Å²) in [5.41, 5.74) is 1.11. The summed E-state index contributed by atoms with van der Waals surface area (Å²) >= 11 is 0. The van der Waals surface area contributed by atoms with Crippen molar-refractivity contribution in [3.8, 4) is 11.5 Å². The van der Waals surface area contributed by atoms with E-state index in [0.29, 0.717) is 17.1 Å². The molecule has 1 aliphatic heterocycles. The highest BCUT2D eigenvalue weighted by molar-refractivity contribution is 5.93. The fraction of sp³-hybridized carbons (Fsp3) is 0.429.